The van der Waals surface area contributed by atoms with E-state index in [4.69, 9.17) is 4.74 Å². The minimum atomic E-state index is -0.522. The highest BCUT2D eigenvalue weighted by atomic mass is 16.5. The first kappa shape index (κ1) is 23.5. The third-order valence-corrected chi connectivity index (χ3v) is 5.16. The second-order valence-corrected chi connectivity index (χ2v) is 8.04. The second kappa shape index (κ2) is 11.4. The summed E-state index contributed by atoms with van der Waals surface area (Å²) in [5.41, 5.74) is 2.99. The number of hydrogen-bond donors (Lipinski definition) is 1. The molecule has 1 atom stereocenters. The third-order valence-electron chi connectivity index (χ3n) is 5.16. The molecule has 2 aromatic carbocycles. The first-order chi connectivity index (χ1) is 14.3. The maximum Gasteiger partial charge on any atom is 0.242 e. The summed E-state index contributed by atoms with van der Waals surface area (Å²) in [6, 6.07) is 15.0. The molecule has 30 heavy (non-hydrogen) atoms. The molecule has 0 aliphatic rings. The predicted molar refractivity (Wildman–Crippen MR) is 120 cm³/mol. The van der Waals surface area contributed by atoms with Crippen LogP contribution in [0.5, 0.6) is 5.75 Å². The van der Waals surface area contributed by atoms with Crippen LogP contribution >= 0.6 is 0 Å². The predicted octanol–water partition coefficient (Wildman–Crippen LogP) is 4.13. The number of benzene rings is 2. The molecule has 0 bridgehead atoms. The van der Waals surface area contributed by atoms with E-state index in [9.17, 15) is 9.59 Å². The summed E-state index contributed by atoms with van der Waals surface area (Å²) >= 11 is 0. The molecule has 1 N–H and O–H groups in total. The Hall–Kier alpha value is -2.82. The second-order valence-electron chi connectivity index (χ2n) is 8.04. The lowest BCUT2D eigenvalue weighted by Crippen LogP contribution is -2.50. The van der Waals surface area contributed by atoms with Gasteiger partial charge in [0.05, 0.1) is 13.5 Å². The van der Waals surface area contributed by atoms with E-state index in [0.29, 0.717) is 25.4 Å². The van der Waals surface area contributed by atoms with E-state index in [2.05, 4.69) is 19.2 Å². The molecule has 0 radical (unpaired) electrons. The molecule has 0 heterocycles. The van der Waals surface area contributed by atoms with Crippen LogP contribution in [0, 0.1) is 12.8 Å². The highest BCUT2D eigenvalue weighted by Crippen LogP contribution is 2.19. The van der Waals surface area contributed by atoms with Gasteiger partial charge in [-0.3, -0.25) is 9.59 Å². The van der Waals surface area contributed by atoms with Crippen molar-refractivity contribution in [1.29, 1.82) is 0 Å². The van der Waals surface area contributed by atoms with Gasteiger partial charge in [-0.1, -0.05) is 57.2 Å². The van der Waals surface area contributed by atoms with Crippen molar-refractivity contribution in [3.05, 3.63) is 65.2 Å². The Morgan fingerprint density at radius 3 is 2.47 bits per heavy atom. The molecule has 0 saturated carbocycles. The maximum atomic E-state index is 13.4. The van der Waals surface area contributed by atoms with Crippen LogP contribution in [0.15, 0.2) is 48.5 Å². The first-order valence-corrected chi connectivity index (χ1v) is 10.6. The number of carbonyl (C=O) groups is 2. The third kappa shape index (κ3) is 6.61. The standard InChI is InChI=1S/C25H34N2O3/c1-6-23(25(29)26-16-18(2)3)27(17-20-11-9-13-22(14-20)30-5)24(28)15-21-12-8-7-10-19(21)4/h7-14,18,23H,6,15-17H2,1-5H3,(H,26,29). The molecule has 0 aliphatic carbocycles. The van der Waals surface area contributed by atoms with Gasteiger partial charge in [-0.15, -0.1) is 0 Å². The maximum absolute atomic E-state index is 13.4. The Morgan fingerprint density at radius 1 is 1.10 bits per heavy atom. The summed E-state index contributed by atoms with van der Waals surface area (Å²) < 4.78 is 5.32. The van der Waals surface area contributed by atoms with Gasteiger partial charge >= 0.3 is 0 Å². The molecule has 1 unspecified atom stereocenters. The molecule has 2 rings (SSSR count). The highest BCUT2D eigenvalue weighted by molar-refractivity contribution is 5.88. The Labute approximate surface area is 180 Å². The Kier molecular flexibility index (Phi) is 8.90. The number of hydrogen-bond acceptors (Lipinski definition) is 3. The number of methoxy groups -OCH3 is 1. The minimum Gasteiger partial charge on any atom is -0.497 e. The summed E-state index contributed by atoms with van der Waals surface area (Å²) in [6.07, 6.45) is 0.817. The Bertz CT molecular complexity index is 848. The largest absolute Gasteiger partial charge is 0.497 e. The zero-order valence-electron chi connectivity index (χ0n) is 18.8. The van der Waals surface area contributed by atoms with Gasteiger partial charge in [-0.25, -0.2) is 0 Å². The van der Waals surface area contributed by atoms with Crippen LogP contribution in [0.2, 0.25) is 0 Å². The average molecular weight is 411 g/mol. The molecule has 162 valence electrons. The van der Waals surface area contributed by atoms with Gasteiger partial charge in [0.2, 0.25) is 11.8 Å². The van der Waals surface area contributed by atoms with E-state index in [0.717, 1.165) is 22.4 Å². The van der Waals surface area contributed by atoms with Crippen LogP contribution < -0.4 is 10.1 Å². The van der Waals surface area contributed by atoms with Gasteiger partial charge in [-0.2, -0.15) is 0 Å². The molecule has 0 fully saturated rings. The molecule has 5 nitrogen and oxygen atoms in total. The number of rotatable bonds is 10. The van der Waals surface area contributed by atoms with Gasteiger partial charge < -0.3 is 15.0 Å². The smallest absolute Gasteiger partial charge is 0.242 e. The number of amides is 2. The zero-order chi connectivity index (χ0) is 22.1. The highest BCUT2D eigenvalue weighted by Gasteiger charge is 2.29. The van der Waals surface area contributed by atoms with Crippen LogP contribution in [0.3, 0.4) is 0 Å². The lowest BCUT2D eigenvalue weighted by atomic mass is 10.0. The van der Waals surface area contributed by atoms with Crippen LogP contribution in [0.4, 0.5) is 0 Å². The first-order valence-electron chi connectivity index (χ1n) is 10.6. The van der Waals surface area contributed by atoms with Crippen molar-refractivity contribution in [2.45, 2.75) is 53.1 Å². The quantitative estimate of drug-likeness (QED) is 0.641. The van der Waals surface area contributed by atoms with Crippen LogP contribution in [0.25, 0.3) is 0 Å². The topological polar surface area (TPSA) is 58.6 Å². The molecule has 0 aromatic heterocycles. The zero-order valence-corrected chi connectivity index (χ0v) is 18.8. The van der Waals surface area contributed by atoms with Crippen molar-refractivity contribution < 1.29 is 14.3 Å². The van der Waals surface area contributed by atoms with Crippen molar-refractivity contribution in [1.82, 2.24) is 10.2 Å². The van der Waals surface area contributed by atoms with Crippen molar-refractivity contribution in [2.24, 2.45) is 5.92 Å². The molecule has 0 spiro atoms. The summed E-state index contributed by atoms with van der Waals surface area (Å²) in [5.74, 6) is 0.919. The summed E-state index contributed by atoms with van der Waals surface area (Å²) in [5, 5.41) is 2.99. The average Bonchev–Trinajstić information content (AvgIpc) is 2.73. The van der Waals surface area contributed by atoms with Gasteiger partial charge in [0, 0.05) is 13.1 Å². The fourth-order valence-electron chi connectivity index (χ4n) is 3.38. The number of nitrogens with one attached hydrogen (secondary N) is 1. The summed E-state index contributed by atoms with van der Waals surface area (Å²) in [6.45, 7) is 9.00. The van der Waals surface area contributed by atoms with E-state index in [1.165, 1.54) is 0 Å². The van der Waals surface area contributed by atoms with Gasteiger partial charge in [0.1, 0.15) is 11.8 Å². The molecule has 2 amide bonds. The summed E-state index contributed by atoms with van der Waals surface area (Å²) in [4.78, 5) is 28.0. The lowest BCUT2D eigenvalue weighted by Gasteiger charge is -2.31. The fourth-order valence-corrected chi connectivity index (χ4v) is 3.38. The van der Waals surface area contributed by atoms with E-state index in [-0.39, 0.29) is 18.2 Å². The van der Waals surface area contributed by atoms with Crippen LogP contribution in [-0.2, 0) is 22.6 Å². The SMILES string of the molecule is CCC(C(=O)NCC(C)C)N(Cc1cccc(OC)c1)C(=O)Cc1ccccc1C. The van der Waals surface area contributed by atoms with Crippen molar-refractivity contribution in [3.63, 3.8) is 0 Å². The molecule has 0 saturated heterocycles. The van der Waals surface area contributed by atoms with Gasteiger partial charge in [-0.05, 0) is 48.1 Å². The fraction of sp³-hybridized carbons (Fsp3) is 0.440. The monoisotopic (exact) mass is 410 g/mol. The molecule has 5 heteroatoms. The minimum absolute atomic E-state index is 0.0568. The molecule has 0 aliphatic heterocycles. The van der Waals surface area contributed by atoms with Crippen LogP contribution in [0.1, 0.15) is 43.9 Å². The van der Waals surface area contributed by atoms with Crippen molar-refractivity contribution in [2.75, 3.05) is 13.7 Å². The lowest BCUT2D eigenvalue weighted by molar-refractivity contribution is -0.141. The van der Waals surface area contributed by atoms with E-state index in [1.807, 2.05) is 62.4 Å². The molecular weight excluding hydrogens is 376 g/mol. The number of carbonyl (C=O) groups excluding carboxylic acids is 2. The van der Waals surface area contributed by atoms with E-state index < -0.39 is 6.04 Å². The van der Waals surface area contributed by atoms with Gasteiger partial charge in [0.15, 0.2) is 0 Å². The number of nitrogens with zero attached hydrogens (tertiary/aromatic N) is 1. The van der Waals surface area contributed by atoms with Gasteiger partial charge in [0.25, 0.3) is 0 Å². The van der Waals surface area contributed by atoms with Crippen molar-refractivity contribution in [3.8, 4) is 5.75 Å². The normalized spacial score (nSPS) is 11.8. The molecule has 2 aromatic rings. The van der Waals surface area contributed by atoms with Crippen molar-refractivity contribution >= 4 is 11.8 Å². The molecular formula is C25H34N2O3. The number of aryl methyl sites for hydroxylation is 1. The Morgan fingerprint density at radius 2 is 1.83 bits per heavy atom. The Balaban J connectivity index is 2.30. The summed E-state index contributed by atoms with van der Waals surface area (Å²) in [7, 11) is 1.62. The van der Waals surface area contributed by atoms with E-state index in [1.54, 1.807) is 12.0 Å². The van der Waals surface area contributed by atoms with Crippen LogP contribution in [-0.4, -0.2) is 36.4 Å². The van der Waals surface area contributed by atoms with E-state index >= 15 is 0 Å². The number of ether oxygens (including phenoxy) is 1.